The molecule has 0 bridgehead atoms. The molecule has 1 amide bonds. The topological polar surface area (TPSA) is 60.6 Å². The maximum absolute atomic E-state index is 12.5. The lowest BCUT2D eigenvalue weighted by atomic mass is 9.97. The molecular weight excluding hydrogens is 316 g/mol. The van der Waals surface area contributed by atoms with Crippen molar-refractivity contribution < 1.29 is 9.53 Å². The highest BCUT2D eigenvalue weighted by atomic mass is 16.5. The van der Waals surface area contributed by atoms with Crippen LogP contribution in [0.15, 0.2) is 43.0 Å². The normalized spacial score (nSPS) is 20.2. The number of hydrogen-bond donors (Lipinski definition) is 1. The minimum atomic E-state index is -0.0417. The second-order valence-corrected chi connectivity index (χ2v) is 6.71. The summed E-state index contributed by atoms with van der Waals surface area (Å²) in [4.78, 5) is 12.5. The molecule has 6 nitrogen and oxygen atoms in total. The highest BCUT2D eigenvalue weighted by Gasteiger charge is 2.30. The Balaban J connectivity index is 1.44. The van der Waals surface area contributed by atoms with Gasteiger partial charge in [0.15, 0.2) is 0 Å². The minimum Gasteiger partial charge on any atom is -0.373 e. The van der Waals surface area contributed by atoms with Gasteiger partial charge in [-0.05, 0) is 31.0 Å². The third-order valence-corrected chi connectivity index (χ3v) is 4.90. The molecule has 3 aromatic rings. The number of nitrogens with zero attached hydrogens (tertiary/aromatic N) is 3. The lowest BCUT2D eigenvalue weighted by Crippen LogP contribution is -2.30. The number of fused-ring (bicyclic) bond motifs is 1. The van der Waals surface area contributed by atoms with Crippen molar-refractivity contribution in [3.8, 4) is 0 Å². The van der Waals surface area contributed by atoms with E-state index >= 15 is 0 Å². The molecule has 0 spiro atoms. The zero-order valence-electron chi connectivity index (χ0n) is 14.5. The Bertz CT molecular complexity index is 911. The molecule has 4 rings (SSSR count). The number of amides is 1. The molecule has 0 radical (unpaired) electrons. The number of aryl methyl sites for hydroxylation is 2. The third kappa shape index (κ3) is 3.05. The van der Waals surface area contributed by atoms with Crippen molar-refractivity contribution in [2.45, 2.75) is 19.4 Å². The van der Waals surface area contributed by atoms with E-state index in [0.717, 1.165) is 29.7 Å². The van der Waals surface area contributed by atoms with Crippen LogP contribution >= 0.6 is 0 Å². The first kappa shape index (κ1) is 15.9. The Morgan fingerprint density at radius 3 is 3.08 bits per heavy atom. The van der Waals surface area contributed by atoms with E-state index in [4.69, 9.17) is 4.74 Å². The summed E-state index contributed by atoms with van der Waals surface area (Å²) in [6.07, 6.45) is 8.60. The number of pyridine rings is 1. The van der Waals surface area contributed by atoms with Gasteiger partial charge in [-0.2, -0.15) is 5.10 Å². The summed E-state index contributed by atoms with van der Waals surface area (Å²) in [5.41, 5.74) is 3.98. The van der Waals surface area contributed by atoms with Crippen molar-refractivity contribution in [3.63, 3.8) is 0 Å². The molecule has 2 atom stereocenters. The van der Waals surface area contributed by atoms with Crippen LogP contribution in [0, 0.1) is 12.8 Å². The lowest BCUT2D eigenvalue weighted by molar-refractivity contribution is 0.0846. The van der Waals surface area contributed by atoms with Gasteiger partial charge in [0.1, 0.15) is 0 Å². The molecule has 0 aromatic carbocycles. The summed E-state index contributed by atoms with van der Waals surface area (Å²) in [6, 6.07) is 5.97. The lowest BCUT2D eigenvalue weighted by Gasteiger charge is -2.17. The van der Waals surface area contributed by atoms with E-state index in [-0.39, 0.29) is 17.9 Å². The fourth-order valence-electron chi connectivity index (χ4n) is 3.53. The maximum Gasteiger partial charge on any atom is 0.252 e. The largest absolute Gasteiger partial charge is 0.373 e. The van der Waals surface area contributed by atoms with E-state index < -0.39 is 0 Å². The molecule has 0 aliphatic carbocycles. The van der Waals surface area contributed by atoms with Crippen molar-refractivity contribution in [1.82, 2.24) is 19.5 Å². The van der Waals surface area contributed by atoms with Crippen LogP contribution in [0.25, 0.3) is 5.52 Å². The van der Waals surface area contributed by atoms with Crippen LogP contribution in [0.2, 0.25) is 0 Å². The van der Waals surface area contributed by atoms with Gasteiger partial charge >= 0.3 is 0 Å². The van der Waals surface area contributed by atoms with Crippen LogP contribution < -0.4 is 5.32 Å². The monoisotopic (exact) mass is 338 g/mol. The first-order valence-electron chi connectivity index (χ1n) is 8.57. The van der Waals surface area contributed by atoms with Gasteiger partial charge in [0, 0.05) is 55.8 Å². The van der Waals surface area contributed by atoms with Crippen LogP contribution in [0.5, 0.6) is 0 Å². The molecule has 25 heavy (non-hydrogen) atoms. The average Bonchev–Trinajstić information content (AvgIpc) is 3.31. The molecular formula is C19H22N4O2. The Labute approximate surface area is 146 Å². The molecule has 1 aliphatic rings. The fraction of sp³-hybridized carbons (Fsp3) is 0.368. The van der Waals surface area contributed by atoms with Gasteiger partial charge in [0.25, 0.3) is 5.91 Å². The maximum atomic E-state index is 12.5. The zero-order valence-corrected chi connectivity index (χ0v) is 14.5. The van der Waals surface area contributed by atoms with E-state index in [2.05, 4.69) is 10.4 Å². The number of rotatable bonds is 4. The summed E-state index contributed by atoms with van der Waals surface area (Å²) in [7, 11) is 1.90. The van der Waals surface area contributed by atoms with Crippen molar-refractivity contribution in [3.05, 3.63) is 59.7 Å². The van der Waals surface area contributed by atoms with Crippen molar-refractivity contribution in [2.24, 2.45) is 13.0 Å². The van der Waals surface area contributed by atoms with Crippen LogP contribution in [-0.2, 0) is 11.8 Å². The van der Waals surface area contributed by atoms with E-state index in [1.807, 2.05) is 61.4 Å². The molecule has 1 aliphatic heterocycles. The van der Waals surface area contributed by atoms with Gasteiger partial charge in [0.05, 0.1) is 17.9 Å². The molecule has 1 saturated heterocycles. The second-order valence-electron chi connectivity index (χ2n) is 6.71. The van der Waals surface area contributed by atoms with Crippen molar-refractivity contribution in [2.75, 3.05) is 13.2 Å². The Kier molecular flexibility index (Phi) is 4.05. The van der Waals surface area contributed by atoms with Crippen LogP contribution in [-0.4, -0.2) is 33.2 Å². The molecule has 4 heterocycles. The van der Waals surface area contributed by atoms with E-state index in [1.165, 1.54) is 0 Å². The van der Waals surface area contributed by atoms with Gasteiger partial charge in [-0.3, -0.25) is 9.48 Å². The van der Waals surface area contributed by atoms with Crippen molar-refractivity contribution in [1.29, 1.82) is 0 Å². The summed E-state index contributed by atoms with van der Waals surface area (Å²) in [6.45, 7) is 3.37. The number of hydrogen-bond acceptors (Lipinski definition) is 3. The first-order valence-corrected chi connectivity index (χ1v) is 8.57. The number of nitrogens with one attached hydrogen (secondary N) is 1. The van der Waals surface area contributed by atoms with Gasteiger partial charge < -0.3 is 14.5 Å². The predicted molar refractivity (Wildman–Crippen MR) is 94.5 cm³/mol. The van der Waals surface area contributed by atoms with Crippen LogP contribution in [0.3, 0.4) is 0 Å². The van der Waals surface area contributed by atoms with Crippen LogP contribution in [0.4, 0.5) is 0 Å². The van der Waals surface area contributed by atoms with Crippen molar-refractivity contribution >= 4 is 11.4 Å². The highest BCUT2D eigenvalue weighted by molar-refractivity contribution is 5.95. The van der Waals surface area contributed by atoms with E-state index in [9.17, 15) is 4.79 Å². The van der Waals surface area contributed by atoms with Gasteiger partial charge in [-0.15, -0.1) is 0 Å². The molecule has 130 valence electrons. The minimum absolute atomic E-state index is 0.00403. The van der Waals surface area contributed by atoms with Gasteiger partial charge in [-0.1, -0.05) is 6.07 Å². The molecule has 0 unspecified atom stereocenters. The zero-order chi connectivity index (χ0) is 17.4. The predicted octanol–water partition coefficient (Wildman–Crippen LogP) is 2.49. The number of carbonyl (C=O) groups is 1. The first-order chi connectivity index (χ1) is 12.1. The molecule has 3 aromatic heterocycles. The summed E-state index contributed by atoms with van der Waals surface area (Å²) >= 11 is 0. The molecule has 6 heteroatoms. The molecule has 1 N–H and O–H groups in total. The highest BCUT2D eigenvalue weighted by Crippen LogP contribution is 2.33. The van der Waals surface area contributed by atoms with E-state index in [1.54, 1.807) is 4.68 Å². The number of ether oxygens (including phenoxy) is 1. The molecule has 1 fully saturated rings. The average molecular weight is 338 g/mol. The number of carbonyl (C=O) groups excluding carboxylic acids is 1. The number of aromatic nitrogens is 3. The summed E-state index contributed by atoms with van der Waals surface area (Å²) in [5.74, 6) is 0.229. The van der Waals surface area contributed by atoms with E-state index in [0.29, 0.717) is 12.1 Å². The summed E-state index contributed by atoms with van der Waals surface area (Å²) < 4.78 is 9.62. The Morgan fingerprint density at radius 2 is 2.32 bits per heavy atom. The summed E-state index contributed by atoms with van der Waals surface area (Å²) in [5, 5.41) is 7.29. The fourth-order valence-corrected chi connectivity index (χ4v) is 3.53. The van der Waals surface area contributed by atoms with Crippen LogP contribution in [0.1, 0.15) is 34.0 Å². The third-order valence-electron chi connectivity index (χ3n) is 4.90. The van der Waals surface area contributed by atoms with Gasteiger partial charge in [-0.25, -0.2) is 0 Å². The standard InChI is InChI=1S/C19H22N4O2/c1-13-4-3-6-23-12-15(8-17(13)23)19(24)20-9-14-5-7-25-18(14)16-10-21-22(2)11-16/h3-4,6,8,10-12,14,18H,5,7,9H2,1-2H3,(H,20,24)/t14-,18+/m0/s1. The molecule has 0 saturated carbocycles. The smallest absolute Gasteiger partial charge is 0.252 e. The Morgan fingerprint density at radius 1 is 1.44 bits per heavy atom. The SMILES string of the molecule is Cc1cccn2cc(C(=O)NC[C@@H]3CCO[C@H]3c3cnn(C)c3)cc12. The van der Waals surface area contributed by atoms with Gasteiger partial charge in [0.2, 0.25) is 0 Å². The Hall–Kier alpha value is -2.60. The second kappa shape index (κ2) is 6.37. The quantitative estimate of drug-likeness (QED) is 0.795.